The lowest BCUT2D eigenvalue weighted by Gasteiger charge is -2.30. The number of nitriles is 1. The molecular weight excluding hydrogens is 340 g/mol. The Labute approximate surface area is 158 Å². The van der Waals surface area contributed by atoms with Crippen molar-refractivity contribution >= 4 is 23.2 Å². The Morgan fingerprint density at radius 1 is 1.26 bits per heavy atom. The zero-order chi connectivity index (χ0) is 19.4. The van der Waals surface area contributed by atoms with Gasteiger partial charge in [0.1, 0.15) is 17.7 Å². The number of benzene rings is 1. The molecule has 2 aromatic rings. The molecule has 1 unspecified atom stereocenters. The third-order valence-electron chi connectivity index (χ3n) is 4.83. The first kappa shape index (κ1) is 18.7. The van der Waals surface area contributed by atoms with Gasteiger partial charge >= 0.3 is 0 Å². The Kier molecular flexibility index (Phi) is 5.57. The van der Waals surface area contributed by atoms with Gasteiger partial charge in [-0.1, -0.05) is 25.0 Å². The zero-order valence-electron chi connectivity index (χ0n) is 15.3. The maximum atomic E-state index is 11.9. The molecule has 1 aliphatic rings. The fourth-order valence-corrected chi connectivity index (χ4v) is 3.37. The smallest absolute Gasteiger partial charge is 0.252 e. The van der Waals surface area contributed by atoms with Gasteiger partial charge in [0.05, 0.1) is 11.1 Å². The van der Waals surface area contributed by atoms with E-state index in [0.29, 0.717) is 11.6 Å². The number of anilines is 3. The van der Waals surface area contributed by atoms with Gasteiger partial charge in [-0.05, 0) is 43.5 Å². The number of pyridine rings is 1. The van der Waals surface area contributed by atoms with Crippen molar-refractivity contribution in [3.8, 4) is 6.07 Å². The summed E-state index contributed by atoms with van der Waals surface area (Å²) in [6, 6.07) is 11.3. The van der Waals surface area contributed by atoms with Crippen molar-refractivity contribution in [2.45, 2.75) is 44.7 Å². The van der Waals surface area contributed by atoms with Gasteiger partial charge in [-0.15, -0.1) is 0 Å². The van der Waals surface area contributed by atoms with Gasteiger partial charge in [0.15, 0.2) is 0 Å². The molecule has 1 fully saturated rings. The summed E-state index contributed by atoms with van der Waals surface area (Å²) in [5.74, 6) is 0.0917. The summed E-state index contributed by atoms with van der Waals surface area (Å²) < 4.78 is 0. The van der Waals surface area contributed by atoms with Crippen LogP contribution in [0.4, 0.5) is 17.3 Å². The topological polar surface area (TPSA) is 130 Å². The van der Waals surface area contributed by atoms with Gasteiger partial charge < -0.3 is 22.1 Å². The van der Waals surface area contributed by atoms with Crippen molar-refractivity contribution in [1.29, 1.82) is 5.26 Å². The Morgan fingerprint density at radius 2 is 2.04 bits per heavy atom. The molecule has 1 heterocycles. The number of nitrogens with zero attached hydrogens (tertiary/aromatic N) is 2. The number of amides is 1. The SMILES string of the molecule is Cc1cccc(Nc2nc(NC3CCCC[C@@H]3N)c(C#N)cc2C(N)=O)c1. The molecule has 1 saturated carbocycles. The van der Waals surface area contributed by atoms with Crippen molar-refractivity contribution in [2.75, 3.05) is 10.6 Å². The standard InChI is InChI=1S/C20H24N6O/c1-12-5-4-6-14(9-12)24-20-15(18(23)27)10-13(11-21)19(26-20)25-17-8-3-2-7-16(17)22/h4-6,9-10,16-17H,2-3,7-8,22H2,1H3,(H2,23,27)(H2,24,25,26)/t16-,17?/m0/s1. The molecule has 1 aromatic carbocycles. The summed E-state index contributed by atoms with van der Waals surface area (Å²) >= 11 is 0. The van der Waals surface area contributed by atoms with E-state index in [0.717, 1.165) is 36.9 Å². The first-order chi connectivity index (χ1) is 13.0. The molecule has 6 N–H and O–H groups in total. The molecule has 0 radical (unpaired) electrons. The van der Waals surface area contributed by atoms with Crippen LogP contribution in [-0.2, 0) is 0 Å². The summed E-state index contributed by atoms with van der Waals surface area (Å²) in [6.07, 6.45) is 4.05. The third-order valence-corrected chi connectivity index (χ3v) is 4.83. The molecule has 0 bridgehead atoms. The van der Waals surface area contributed by atoms with Crippen LogP contribution >= 0.6 is 0 Å². The minimum atomic E-state index is -0.643. The van der Waals surface area contributed by atoms with Crippen molar-refractivity contribution in [3.05, 3.63) is 47.0 Å². The van der Waals surface area contributed by atoms with E-state index in [1.165, 1.54) is 6.07 Å². The van der Waals surface area contributed by atoms with Crippen molar-refractivity contribution in [3.63, 3.8) is 0 Å². The lowest BCUT2D eigenvalue weighted by Crippen LogP contribution is -2.43. The van der Waals surface area contributed by atoms with Crippen LogP contribution in [0.25, 0.3) is 0 Å². The fraction of sp³-hybridized carbons (Fsp3) is 0.350. The van der Waals surface area contributed by atoms with Gasteiger partial charge in [0, 0.05) is 17.8 Å². The minimum Gasteiger partial charge on any atom is -0.365 e. The molecule has 0 saturated heterocycles. The second kappa shape index (κ2) is 8.06. The number of hydrogen-bond acceptors (Lipinski definition) is 6. The van der Waals surface area contributed by atoms with E-state index in [9.17, 15) is 10.1 Å². The first-order valence-corrected chi connectivity index (χ1v) is 9.08. The fourth-order valence-electron chi connectivity index (χ4n) is 3.37. The van der Waals surface area contributed by atoms with E-state index in [1.54, 1.807) is 0 Å². The molecule has 140 valence electrons. The van der Waals surface area contributed by atoms with E-state index in [2.05, 4.69) is 21.7 Å². The molecule has 7 heteroatoms. The molecule has 1 amide bonds. The van der Waals surface area contributed by atoms with Crippen LogP contribution in [0.1, 0.15) is 47.2 Å². The Hall–Kier alpha value is -3.11. The van der Waals surface area contributed by atoms with Gasteiger partial charge in [-0.25, -0.2) is 4.98 Å². The van der Waals surface area contributed by atoms with Gasteiger partial charge in [-0.2, -0.15) is 5.26 Å². The number of carbonyl (C=O) groups is 1. The van der Waals surface area contributed by atoms with Crippen molar-refractivity contribution < 1.29 is 4.79 Å². The number of primary amides is 1. The molecule has 0 aliphatic heterocycles. The lowest BCUT2D eigenvalue weighted by molar-refractivity contribution is 0.100. The third kappa shape index (κ3) is 4.36. The number of rotatable bonds is 5. The number of aromatic nitrogens is 1. The van der Waals surface area contributed by atoms with E-state index in [1.807, 2.05) is 31.2 Å². The number of nitrogens with two attached hydrogens (primary N) is 2. The van der Waals surface area contributed by atoms with Crippen LogP contribution in [0, 0.1) is 18.3 Å². The van der Waals surface area contributed by atoms with Gasteiger partial charge in [-0.3, -0.25) is 4.79 Å². The lowest BCUT2D eigenvalue weighted by atomic mass is 9.91. The average Bonchev–Trinajstić information content (AvgIpc) is 2.63. The number of aryl methyl sites for hydroxylation is 1. The summed E-state index contributed by atoms with van der Waals surface area (Å²) in [7, 11) is 0. The van der Waals surface area contributed by atoms with Crippen LogP contribution in [0.5, 0.6) is 0 Å². The highest BCUT2D eigenvalue weighted by Gasteiger charge is 2.24. The predicted molar refractivity (Wildman–Crippen MR) is 106 cm³/mol. The quantitative estimate of drug-likeness (QED) is 0.645. The highest BCUT2D eigenvalue weighted by Crippen LogP contribution is 2.27. The summed E-state index contributed by atoms with van der Waals surface area (Å²) in [4.78, 5) is 16.4. The number of hydrogen-bond donors (Lipinski definition) is 4. The predicted octanol–water partition coefficient (Wildman–Crippen LogP) is 2.79. The molecule has 3 rings (SSSR count). The highest BCUT2D eigenvalue weighted by molar-refractivity contribution is 5.99. The molecule has 0 spiro atoms. The molecule has 1 aliphatic carbocycles. The Morgan fingerprint density at radius 3 is 2.70 bits per heavy atom. The van der Waals surface area contributed by atoms with Crippen molar-refractivity contribution in [1.82, 2.24) is 4.98 Å². The molecule has 1 aromatic heterocycles. The summed E-state index contributed by atoms with van der Waals surface area (Å²) in [5.41, 5.74) is 14.0. The van der Waals surface area contributed by atoms with Crippen LogP contribution < -0.4 is 22.1 Å². The van der Waals surface area contributed by atoms with Crippen LogP contribution in [-0.4, -0.2) is 23.0 Å². The molecule has 27 heavy (non-hydrogen) atoms. The highest BCUT2D eigenvalue weighted by atomic mass is 16.1. The number of carbonyl (C=O) groups excluding carboxylic acids is 1. The second-order valence-electron chi connectivity index (χ2n) is 6.95. The summed E-state index contributed by atoms with van der Waals surface area (Å²) in [6.45, 7) is 1.98. The van der Waals surface area contributed by atoms with E-state index >= 15 is 0 Å². The molecule has 7 nitrogen and oxygen atoms in total. The normalized spacial score (nSPS) is 19.1. The van der Waals surface area contributed by atoms with Gasteiger partial charge in [0.25, 0.3) is 5.91 Å². The van der Waals surface area contributed by atoms with Crippen molar-refractivity contribution in [2.24, 2.45) is 11.5 Å². The maximum Gasteiger partial charge on any atom is 0.252 e. The molecular formula is C20H24N6O. The van der Waals surface area contributed by atoms with Crippen LogP contribution in [0.3, 0.4) is 0 Å². The van der Waals surface area contributed by atoms with Crippen LogP contribution in [0.15, 0.2) is 30.3 Å². The Bertz CT molecular complexity index is 889. The van der Waals surface area contributed by atoms with Crippen LogP contribution in [0.2, 0.25) is 0 Å². The van der Waals surface area contributed by atoms with E-state index in [-0.39, 0.29) is 23.2 Å². The zero-order valence-corrected chi connectivity index (χ0v) is 15.3. The molecule has 2 atom stereocenters. The second-order valence-corrected chi connectivity index (χ2v) is 6.95. The van der Waals surface area contributed by atoms with E-state index in [4.69, 9.17) is 11.5 Å². The van der Waals surface area contributed by atoms with E-state index < -0.39 is 5.91 Å². The Balaban J connectivity index is 1.97. The first-order valence-electron chi connectivity index (χ1n) is 9.08. The maximum absolute atomic E-state index is 11.9. The largest absolute Gasteiger partial charge is 0.365 e. The minimum absolute atomic E-state index is 0.0103. The average molecular weight is 364 g/mol. The monoisotopic (exact) mass is 364 g/mol. The number of nitrogens with one attached hydrogen (secondary N) is 2. The summed E-state index contributed by atoms with van der Waals surface area (Å²) in [5, 5.41) is 15.9. The van der Waals surface area contributed by atoms with Gasteiger partial charge in [0.2, 0.25) is 0 Å².